The van der Waals surface area contributed by atoms with Crippen LogP contribution in [0.3, 0.4) is 0 Å². The molecule has 2 rings (SSSR count). The molecule has 0 heterocycles. The minimum absolute atomic E-state index is 0.226. The van der Waals surface area contributed by atoms with E-state index in [2.05, 4.69) is 5.32 Å². The van der Waals surface area contributed by atoms with Crippen LogP contribution in [0.15, 0.2) is 42.5 Å². The van der Waals surface area contributed by atoms with Crippen LogP contribution < -0.4 is 5.32 Å². The average Bonchev–Trinajstić information content (AvgIpc) is 2.55. The molecule has 2 aromatic carbocycles. The number of hydrogen-bond acceptors (Lipinski definition) is 3. The van der Waals surface area contributed by atoms with E-state index < -0.39 is 5.97 Å². The van der Waals surface area contributed by atoms with Gasteiger partial charge in [-0.05, 0) is 55.7 Å². The van der Waals surface area contributed by atoms with Crippen LogP contribution in [0, 0.1) is 13.8 Å². The second-order valence-electron chi connectivity index (χ2n) is 5.67. The highest BCUT2D eigenvalue weighted by atomic mass is 35.5. The maximum absolute atomic E-state index is 12.1. The van der Waals surface area contributed by atoms with E-state index in [1.807, 2.05) is 39.0 Å². The molecule has 0 saturated heterocycles. The number of halogens is 1. The summed E-state index contributed by atoms with van der Waals surface area (Å²) in [5.74, 6) is -0.858. The molecule has 0 aliphatic carbocycles. The summed E-state index contributed by atoms with van der Waals surface area (Å²) in [5, 5.41) is 3.39. The molecule has 0 saturated carbocycles. The third-order valence-corrected chi connectivity index (χ3v) is 4.12. The zero-order valence-corrected chi connectivity index (χ0v) is 14.7. The Morgan fingerprint density at radius 3 is 2.58 bits per heavy atom. The van der Waals surface area contributed by atoms with Crippen LogP contribution in [0.1, 0.15) is 40.0 Å². The topological polar surface area (TPSA) is 55.4 Å². The smallest absolute Gasteiger partial charge is 0.338 e. The van der Waals surface area contributed by atoms with E-state index in [0.717, 1.165) is 16.7 Å². The summed E-state index contributed by atoms with van der Waals surface area (Å²) >= 11 is 5.94. The Balaban J connectivity index is 1.91. The molecule has 1 N–H and O–H groups in total. The number of nitrogens with one attached hydrogen (secondary N) is 1. The molecule has 0 aliphatic heterocycles. The lowest BCUT2D eigenvalue weighted by Gasteiger charge is -2.15. The van der Waals surface area contributed by atoms with E-state index in [0.29, 0.717) is 10.6 Å². The summed E-state index contributed by atoms with van der Waals surface area (Å²) in [7, 11) is 0. The number of aryl methyl sites for hydroxylation is 1. The number of hydrogen-bond donors (Lipinski definition) is 1. The Labute approximate surface area is 146 Å². The van der Waals surface area contributed by atoms with E-state index in [4.69, 9.17) is 16.3 Å². The Kier molecular flexibility index (Phi) is 5.99. The predicted octanol–water partition coefficient (Wildman–Crippen LogP) is 3.99. The van der Waals surface area contributed by atoms with Crippen molar-refractivity contribution in [2.75, 3.05) is 6.61 Å². The predicted molar refractivity (Wildman–Crippen MR) is 94.2 cm³/mol. The van der Waals surface area contributed by atoms with Crippen molar-refractivity contribution in [1.29, 1.82) is 0 Å². The van der Waals surface area contributed by atoms with Gasteiger partial charge < -0.3 is 10.1 Å². The molecular formula is C19H20ClNO3. The summed E-state index contributed by atoms with van der Waals surface area (Å²) < 4.78 is 5.11. The van der Waals surface area contributed by atoms with E-state index in [1.54, 1.807) is 24.3 Å². The minimum Gasteiger partial charge on any atom is -0.452 e. The van der Waals surface area contributed by atoms with Gasteiger partial charge >= 0.3 is 5.97 Å². The molecule has 24 heavy (non-hydrogen) atoms. The van der Waals surface area contributed by atoms with Crippen molar-refractivity contribution in [3.63, 3.8) is 0 Å². The Hall–Kier alpha value is -2.33. The molecule has 5 heteroatoms. The van der Waals surface area contributed by atoms with Gasteiger partial charge in [0, 0.05) is 5.02 Å². The monoisotopic (exact) mass is 345 g/mol. The van der Waals surface area contributed by atoms with Crippen LogP contribution in [0.2, 0.25) is 5.02 Å². The highest BCUT2D eigenvalue weighted by Crippen LogP contribution is 2.17. The average molecular weight is 346 g/mol. The third-order valence-electron chi connectivity index (χ3n) is 3.89. The number of rotatable bonds is 5. The SMILES string of the molecule is Cc1cccc(C(=O)OCC(=O)N[C@@H](C)c2cccc(Cl)c2)c1C. The summed E-state index contributed by atoms with van der Waals surface area (Å²) in [4.78, 5) is 24.1. The first-order valence-corrected chi connectivity index (χ1v) is 8.04. The van der Waals surface area contributed by atoms with Crippen LogP contribution in [-0.4, -0.2) is 18.5 Å². The van der Waals surface area contributed by atoms with Gasteiger partial charge in [0.15, 0.2) is 6.61 Å². The van der Waals surface area contributed by atoms with Crippen molar-refractivity contribution < 1.29 is 14.3 Å². The largest absolute Gasteiger partial charge is 0.452 e. The van der Waals surface area contributed by atoms with E-state index in [-0.39, 0.29) is 18.6 Å². The highest BCUT2D eigenvalue weighted by Gasteiger charge is 2.15. The van der Waals surface area contributed by atoms with Gasteiger partial charge in [-0.2, -0.15) is 0 Å². The zero-order chi connectivity index (χ0) is 17.7. The van der Waals surface area contributed by atoms with E-state index >= 15 is 0 Å². The van der Waals surface area contributed by atoms with E-state index in [1.165, 1.54) is 0 Å². The van der Waals surface area contributed by atoms with Gasteiger partial charge in [0.05, 0.1) is 11.6 Å². The fraction of sp³-hybridized carbons (Fsp3) is 0.263. The van der Waals surface area contributed by atoms with Crippen molar-refractivity contribution in [1.82, 2.24) is 5.32 Å². The lowest BCUT2D eigenvalue weighted by Crippen LogP contribution is -2.31. The third kappa shape index (κ3) is 4.59. The molecule has 0 radical (unpaired) electrons. The Morgan fingerprint density at radius 2 is 1.88 bits per heavy atom. The van der Waals surface area contributed by atoms with Gasteiger partial charge in [0.25, 0.3) is 5.91 Å². The van der Waals surface area contributed by atoms with Gasteiger partial charge in [-0.25, -0.2) is 4.79 Å². The standard InChI is InChI=1S/C19H20ClNO3/c1-12-6-4-9-17(13(12)2)19(23)24-11-18(22)21-14(3)15-7-5-8-16(20)10-15/h4-10,14H,11H2,1-3H3,(H,21,22)/t14-/m0/s1. The number of amides is 1. The number of benzene rings is 2. The Morgan fingerprint density at radius 1 is 1.17 bits per heavy atom. The number of carbonyl (C=O) groups excluding carboxylic acids is 2. The first-order chi connectivity index (χ1) is 11.4. The van der Waals surface area contributed by atoms with Crippen molar-refractivity contribution in [3.05, 3.63) is 69.7 Å². The second kappa shape index (κ2) is 7.97. The Bertz CT molecular complexity index is 758. The highest BCUT2D eigenvalue weighted by molar-refractivity contribution is 6.30. The number of carbonyl (C=O) groups is 2. The van der Waals surface area contributed by atoms with Crippen LogP contribution in [0.5, 0.6) is 0 Å². The summed E-state index contributed by atoms with van der Waals surface area (Å²) in [6, 6.07) is 12.4. The van der Waals surface area contributed by atoms with Crippen molar-refractivity contribution in [3.8, 4) is 0 Å². The van der Waals surface area contributed by atoms with Crippen LogP contribution in [0.4, 0.5) is 0 Å². The van der Waals surface area contributed by atoms with Gasteiger partial charge in [-0.3, -0.25) is 4.79 Å². The molecule has 4 nitrogen and oxygen atoms in total. The molecule has 0 fully saturated rings. The summed E-state index contributed by atoms with van der Waals surface area (Å²) in [6.45, 7) is 5.30. The fourth-order valence-corrected chi connectivity index (χ4v) is 2.52. The molecule has 0 spiro atoms. The minimum atomic E-state index is -0.498. The van der Waals surface area contributed by atoms with Crippen molar-refractivity contribution >= 4 is 23.5 Å². The van der Waals surface area contributed by atoms with Crippen molar-refractivity contribution in [2.24, 2.45) is 0 Å². The van der Waals surface area contributed by atoms with Crippen LogP contribution >= 0.6 is 11.6 Å². The molecule has 1 amide bonds. The van der Waals surface area contributed by atoms with Crippen molar-refractivity contribution in [2.45, 2.75) is 26.8 Å². The molecule has 0 aliphatic rings. The fourth-order valence-electron chi connectivity index (χ4n) is 2.32. The second-order valence-corrected chi connectivity index (χ2v) is 6.10. The molecule has 126 valence electrons. The summed E-state index contributed by atoms with van der Waals surface area (Å²) in [6.07, 6.45) is 0. The molecule has 2 aromatic rings. The van der Waals surface area contributed by atoms with Gasteiger partial charge in [-0.15, -0.1) is 0 Å². The molecule has 0 bridgehead atoms. The van der Waals surface area contributed by atoms with Crippen LogP contribution in [-0.2, 0) is 9.53 Å². The quantitative estimate of drug-likeness (QED) is 0.833. The number of ether oxygens (including phenoxy) is 1. The lowest BCUT2D eigenvalue weighted by atomic mass is 10.0. The first-order valence-electron chi connectivity index (χ1n) is 7.66. The van der Waals surface area contributed by atoms with Gasteiger partial charge in [0.1, 0.15) is 0 Å². The van der Waals surface area contributed by atoms with E-state index in [9.17, 15) is 9.59 Å². The van der Waals surface area contributed by atoms with Gasteiger partial charge in [0.2, 0.25) is 0 Å². The normalized spacial score (nSPS) is 11.7. The first kappa shape index (κ1) is 18.0. The maximum Gasteiger partial charge on any atom is 0.338 e. The zero-order valence-electron chi connectivity index (χ0n) is 13.9. The molecule has 0 aromatic heterocycles. The summed E-state index contributed by atoms with van der Waals surface area (Å²) in [5.41, 5.74) is 3.22. The lowest BCUT2D eigenvalue weighted by molar-refractivity contribution is -0.124. The number of esters is 1. The molecular weight excluding hydrogens is 326 g/mol. The molecule has 1 atom stereocenters. The maximum atomic E-state index is 12.1. The molecule has 0 unspecified atom stereocenters. The van der Waals surface area contributed by atoms with Gasteiger partial charge in [-0.1, -0.05) is 35.9 Å². The van der Waals surface area contributed by atoms with Crippen LogP contribution in [0.25, 0.3) is 0 Å².